The van der Waals surface area contributed by atoms with Crippen molar-refractivity contribution in [2.45, 2.75) is 19.3 Å². The zero-order valence-electron chi connectivity index (χ0n) is 30.8. The van der Waals surface area contributed by atoms with Crippen molar-refractivity contribution in [3.63, 3.8) is 0 Å². The third-order valence-electron chi connectivity index (χ3n) is 8.53. The van der Waals surface area contributed by atoms with E-state index in [-0.39, 0.29) is 36.1 Å². The Morgan fingerprint density at radius 1 is 0.263 bits per heavy atom. The van der Waals surface area contributed by atoms with Gasteiger partial charge < -0.3 is 28.4 Å². The molecule has 0 amide bonds. The third-order valence-corrected chi connectivity index (χ3v) is 8.53. The van der Waals surface area contributed by atoms with Gasteiger partial charge in [-0.3, -0.25) is 0 Å². The van der Waals surface area contributed by atoms with E-state index in [1.54, 1.807) is 48.5 Å². The summed E-state index contributed by atoms with van der Waals surface area (Å²) in [6.45, 7) is 4.27. The van der Waals surface area contributed by atoms with Gasteiger partial charge in [-0.2, -0.15) is 0 Å². The highest BCUT2D eigenvalue weighted by molar-refractivity contribution is 5.43. The average Bonchev–Trinajstić information content (AvgIpc) is 3.23. The Balaban J connectivity index is 0.975. The number of para-hydroxylation sites is 4. The van der Waals surface area contributed by atoms with Gasteiger partial charge in [0.2, 0.25) is 0 Å². The molecule has 0 saturated carbocycles. The normalized spacial score (nSPS) is 11.0. The van der Waals surface area contributed by atoms with Crippen LogP contribution in [0.25, 0.3) is 0 Å². The van der Waals surface area contributed by atoms with Crippen molar-refractivity contribution < 1.29 is 28.4 Å². The van der Waals surface area contributed by atoms with Crippen molar-refractivity contribution in [2.24, 2.45) is 0 Å². The second kappa shape index (κ2) is 16.7. The fourth-order valence-corrected chi connectivity index (χ4v) is 5.55. The quantitative estimate of drug-likeness (QED) is 0.105. The summed E-state index contributed by atoms with van der Waals surface area (Å²) >= 11 is 0. The van der Waals surface area contributed by atoms with Gasteiger partial charge in [-0.1, -0.05) is 111 Å². The molecule has 0 atom stereocenters. The van der Waals surface area contributed by atoms with Crippen LogP contribution in [-0.2, 0) is 5.41 Å². The summed E-state index contributed by atoms with van der Waals surface area (Å²) in [5.74, 6) is 3.27. The molecule has 0 aliphatic carbocycles. The highest BCUT2D eigenvalue weighted by atomic mass is 16.5. The molecule has 0 radical (unpaired) electrons. The maximum absolute atomic E-state index is 6.09. The van der Waals surface area contributed by atoms with E-state index < -0.39 is 5.41 Å². The molecule has 0 bridgehead atoms. The molecular formula is C45H34N6O6. The van der Waals surface area contributed by atoms with Crippen LogP contribution in [0.2, 0.25) is 0 Å². The second-order valence-corrected chi connectivity index (χ2v) is 12.9. The molecule has 0 N–H and O–H groups in total. The minimum atomic E-state index is -0.391. The number of nitrogens with zero attached hydrogens (tertiary/aromatic N) is 6. The first kappa shape index (κ1) is 36.1. The first-order valence-electron chi connectivity index (χ1n) is 17.9. The van der Waals surface area contributed by atoms with Crippen LogP contribution < -0.4 is 28.4 Å². The molecule has 2 heterocycles. The Hall–Kier alpha value is -7.86. The molecule has 0 fully saturated rings. The summed E-state index contributed by atoms with van der Waals surface area (Å²) in [6.07, 6.45) is 0. The molecule has 57 heavy (non-hydrogen) atoms. The zero-order valence-corrected chi connectivity index (χ0v) is 30.8. The molecule has 0 aliphatic heterocycles. The van der Waals surface area contributed by atoms with Gasteiger partial charge in [0.1, 0.15) is 34.5 Å². The van der Waals surface area contributed by atoms with Crippen LogP contribution in [0.5, 0.6) is 70.6 Å². The van der Waals surface area contributed by atoms with Crippen LogP contribution in [0.1, 0.15) is 25.0 Å². The predicted octanol–water partition coefficient (Wildman–Crippen LogP) is 11.1. The monoisotopic (exact) mass is 754 g/mol. The van der Waals surface area contributed by atoms with Gasteiger partial charge in [-0.15, -0.1) is 29.9 Å². The number of aromatic nitrogens is 6. The molecule has 8 rings (SSSR count). The maximum Gasteiger partial charge on any atom is 0.331 e. The molecular weight excluding hydrogens is 721 g/mol. The van der Waals surface area contributed by atoms with E-state index >= 15 is 0 Å². The Bertz CT molecular complexity index is 2230. The van der Waals surface area contributed by atoms with Crippen LogP contribution in [0.3, 0.4) is 0 Å². The summed E-state index contributed by atoms with van der Waals surface area (Å²) in [7, 11) is 0. The lowest BCUT2D eigenvalue weighted by atomic mass is 9.78. The summed E-state index contributed by atoms with van der Waals surface area (Å²) in [6, 6.07) is 52.4. The minimum Gasteiger partial charge on any atom is -0.424 e. The van der Waals surface area contributed by atoms with Gasteiger partial charge in [0, 0.05) is 5.41 Å². The van der Waals surface area contributed by atoms with Gasteiger partial charge in [-0.25, -0.2) is 0 Å². The van der Waals surface area contributed by atoms with E-state index in [0.717, 1.165) is 11.1 Å². The fourth-order valence-electron chi connectivity index (χ4n) is 5.55. The minimum absolute atomic E-state index is 0.0140. The number of benzene rings is 6. The molecule has 12 nitrogen and oxygen atoms in total. The molecule has 0 aliphatic rings. The Kier molecular flexibility index (Phi) is 10.6. The Morgan fingerprint density at radius 2 is 0.456 bits per heavy atom. The van der Waals surface area contributed by atoms with Crippen LogP contribution in [-0.4, -0.2) is 29.9 Å². The Morgan fingerprint density at radius 3 is 0.667 bits per heavy atom. The Labute approximate surface area is 328 Å². The van der Waals surface area contributed by atoms with E-state index in [2.05, 4.69) is 43.8 Å². The van der Waals surface area contributed by atoms with Gasteiger partial charge in [0.05, 0.1) is 0 Å². The van der Waals surface area contributed by atoms with E-state index in [4.69, 9.17) is 28.4 Å². The fraction of sp³-hybridized carbons (Fsp3) is 0.0667. The van der Waals surface area contributed by atoms with E-state index in [1.165, 1.54) is 0 Å². The van der Waals surface area contributed by atoms with E-state index in [9.17, 15) is 0 Å². The molecule has 0 saturated heterocycles. The number of hydrogen-bond donors (Lipinski definition) is 0. The first-order chi connectivity index (χ1) is 27.9. The van der Waals surface area contributed by atoms with Crippen LogP contribution in [0.15, 0.2) is 170 Å². The van der Waals surface area contributed by atoms with Gasteiger partial charge in [0.25, 0.3) is 0 Å². The van der Waals surface area contributed by atoms with Gasteiger partial charge in [0.15, 0.2) is 0 Å². The van der Waals surface area contributed by atoms with Crippen molar-refractivity contribution in [1.82, 2.24) is 29.9 Å². The second-order valence-electron chi connectivity index (χ2n) is 12.9. The lowest BCUT2D eigenvalue weighted by Crippen LogP contribution is -2.18. The van der Waals surface area contributed by atoms with Crippen molar-refractivity contribution in [2.75, 3.05) is 0 Å². The van der Waals surface area contributed by atoms with E-state index in [0.29, 0.717) is 34.5 Å². The smallest absolute Gasteiger partial charge is 0.331 e. The molecule has 2 aromatic heterocycles. The van der Waals surface area contributed by atoms with Crippen LogP contribution in [0.4, 0.5) is 0 Å². The molecule has 6 aromatic carbocycles. The molecule has 0 unspecified atom stereocenters. The topological polar surface area (TPSA) is 133 Å². The number of hydrogen-bond acceptors (Lipinski definition) is 12. The zero-order chi connectivity index (χ0) is 38.9. The maximum atomic E-state index is 6.09. The molecule has 280 valence electrons. The van der Waals surface area contributed by atoms with E-state index in [1.807, 2.05) is 121 Å². The van der Waals surface area contributed by atoms with Gasteiger partial charge in [-0.05, 0) is 83.9 Å². The lowest BCUT2D eigenvalue weighted by Gasteiger charge is -2.26. The van der Waals surface area contributed by atoms with Crippen molar-refractivity contribution >= 4 is 0 Å². The number of rotatable bonds is 14. The first-order valence-corrected chi connectivity index (χ1v) is 17.9. The summed E-state index contributed by atoms with van der Waals surface area (Å²) < 4.78 is 35.7. The lowest BCUT2D eigenvalue weighted by molar-refractivity contribution is 0.361. The van der Waals surface area contributed by atoms with Crippen LogP contribution >= 0.6 is 0 Å². The van der Waals surface area contributed by atoms with Gasteiger partial charge >= 0.3 is 36.1 Å². The largest absolute Gasteiger partial charge is 0.424 e. The van der Waals surface area contributed by atoms with Crippen molar-refractivity contribution in [3.8, 4) is 70.6 Å². The molecule has 0 spiro atoms. The summed E-state index contributed by atoms with van der Waals surface area (Å²) in [5.41, 5.74) is 1.70. The van der Waals surface area contributed by atoms with Crippen molar-refractivity contribution in [3.05, 3.63) is 181 Å². The summed E-state index contributed by atoms with van der Waals surface area (Å²) in [4.78, 5) is 26.2. The van der Waals surface area contributed by atoms with Crippen LogP contribution in [0, 0.1) is 0 Å². The predicted molar refractivity (Wildman–Crippen MR) is 211 cm³/mol. The highest BCUT2D eigenvalue weighted by Gasteiger charge is 2.24. The SMILES string of the molecule is CC(C)(c1ccc(Oc2nc(Oc3ccccc3)nc(Oc3ccccc3)n2)cc1)c1ccc(Oc2nc(Oc3ccccc3)nc(Oc3ccccc3)n2)cc1. The average molecular weight is 755 g/mol. The highest BCUT2D eigenvalue weighted by Crippen LogP contribution is 2.35. The number of ether oxygens (including phenoxy) is 6. The van der Waals surface area contributed by atoms with Crippen molar-refractivity contribution in [1.29, 1.82) is 0 Å². The molecule has 12 heteroatoms. The third kappa shape index (κ3) is 9.45. The molecule has 8 aromatic rings. The standard InChI is InChI=1S/C45H34N6O6/c1-45(2,31-23-27-37(28-24-31)56-43-48-39(52-33-15-7-3-8-16-33)46-40(49-43)53-34-17-9-4-10-18-34)32-25-29-38(30-26-32)57-44-50-41(54-35-19-11-5-12-20-35)47-42(51-44)55-36-21-13-6-14-22-36/h3-30H,1-2H3. The summed E-state index contributed by atoms with van der Waals surface area (Å²) in [5, 5.41) is 0.